The molecule has 0 bridgehead atoms. The van der Waals surface area contributed by atoms with Crippen LogP contribution in [0.1, 0.15) is 28.9 Å². The third-order valence-corrected chi connectivity index (χ3v) is 3.92. The van der Waals surface area contributed by atoms with E-state index in [2.05, 4.69) is 10.3 Å². The van der Waals surface area contributed by atoms with Crippen LogP contribution in [-0.2, 0) is 4.74 Å². The maximum Gasteiger partial charge on any atom is 0.253 e. The lowest BCUT2D eigenvalue weighted by Crippen LogP contribution is -2.32. The molecule has 3 rings (SSSR count). The molecule has 5 heteroatoms. The summed E-state index contributed by atoms with van der Waals surface area (Å²) in [4.78, 5) is 15.6. The molecule has 1 unspecified atom stereocenters. The fraction of sp³-hybridized carbons (Fsp3) is 0.400. The summed E-state index contributed by atoms with van der Waals surface area (Å²) in [5.41, 5.74) is 2.45. The van der Waals surface area contributed by atoms with Gasteiger partial charge in [-0.05, 0) is 38.0 Å². The van der Waals surface area contributed by atoms with Crippen LogP contribution in [0.15, 0.2) is 18.2 Å². The van der Waals surface area contributed by atoms with E-state index in [1.165, 1.54) is 0 Å². The van der Waals surface area contributed by atoms with Crippen molar-refractivity contribution in [3.05, 3.63) is 34.5 Å². The average Bonchev–Trinajstić information content (AvgIpc) is 3.02. The average molecular weight is 293 g/mol. The number of benzene rings is 1. The normalized spacial score (nSPS) is 18.6. The number of hydrogen-bond acceptors (Lipinski definition) is 2. The highest BCUT2D eigenvalue weighted by atomic mass is 35.5. The van der Waals surface area contributed by atoms with E-state index in [9.17, 15) is 4.79 Å². The largest absolute Gasteiger partial charge is 0.376 e. The van der Waals surface area contributed by atoms with Gasteiger partial charge in [-0.25, -0.2) is 0 Å². The van der Waals surface area contributed by atoms with Crippen LogP contribution in [0, 0.1) is 6.92 Å². The van der Waals surface area contributed by atoms with Crippen molar-refractivity contribution in [2.75, 3.05) is 13.2 Å². The maximum atomic E-state index is 12.4. The van der Waals surface area contributed by atoms with E-state index >= 15 is 0 Å². The quantitative estimate of drug-likeness (QED) is 0.913. The van der Waals surface area contributed by atoms with Crippen LogP contribution in [0.5, 0.6) is 0 Å². The molecule has 1 atom stereocenters. The number of H-pyrrole nitrogens is 1. The molecule has 1 aliphatic heterocycles. The highest BCUT2D eigenvalue weighted by Crippen LogP contribution is 2.25. The number of amides is 1. The molecule has 1 amide bonds. The minimum Gasteiger partial charge on any atom is -0.376 e. The number of ether oxygens (including phenoxy) is 1. The third kappa shape index (κ3) is 2.53. The number of aromatic amines is 1. The van der Waals surface area contributed by atoms with Crippen LogP contribution >= 0.6 is 11.6 Å². The Hall–Kier alpha value is -1.52. The van der Waals surface area contributed by atoms with Crippen LogP contribution in [0.2, 0.25) is 5.02 Å². The molecule has 1 fully saturated rings. The van der Waals surface area contributed by atoms with Crippen molar-refractivity contribution in [3.8, 4) is 0 Å². The first kappa shape index (κ1) is 13.5. The molecule has 1 aromatic carbocycles. The first-order valence-electron chi connectivity index (χ1n) is 6.83. The summed E-state index contributed by atoms with van der Waals surface area (Å²) in [7, 11) is 0. The van der Waals surface area contributed by atoms with E-state index in [0.29, 0.717) is 17.1 Å². The highest BCUT2D eigenvalue weighted by molar-refractivity contribution is 6.31. The Balaban J connectivity index is 1.82. The van der Waals surface area contributed by atoms with E-state index in [4.69, 9.17) is 16.3 Å². The molecule has 1 aromatic heterocycles. The fourth-order valence-corrected chi connectivity index (χ4v) is 2.86. The Morgan fingerprint density at radius 3 is 3.15 bits per heavy atom. The van der Waals surface area contributed by atoms with Crippen molar-refractivity contribution in [2.24, 2.45) is 0 Å². The van der Waals surface area contributed by atoms with Gasteiger partial charge in [0.1, 0.15) is 0 Å². The van der Waals surface area contributed by atoms with Gasteiger partial charge in [-0.15, -0.1) is 0 Å². The van der Waals surface area contributed by atoms with Gasteiger partial charge in [0.05, 0.1) is 11.7 Å². The molecule has 4 nitrogen and oxygen atoms in total. The number of hydrogen-bond donors (Lipinski definition) is 2. The summed E-state index contributed by atoms with van der Waals surface area (Å²) in [6, 6.07) is 5.52. The Kier molecular flexibility index (Phi) is 3.68. The molecule has 0 saturated carbocycles. The molecule has 0 aliphatic carbocycles. The Morgan fingerprint density at radius 1 is 1.55 bits per heavy atom. The first-order chi connectivity index (χ1) is 9.65. The van der Waals surface area contributed by atoms with Crippen LogP contribution in [-0.4, -0.2) is 30.1 Å². The van der Waals surface area contributed by atoms with Gasteiger partial charge in [0, 0.05) is 34.8 Å². The second kappa shape index (κ2) is 5.46. The molecule has 2 N–H and O–H groups in total. The number of carbonyl (C=O) groups excluding carboxylic acids is 1. The number of aromatic nitrogens is 1. The lowest BCUT2D eigenvalue weighted by atomic mass is 10.1. The number of aryl methyl sites for hydroxylation is 1. The van der Waals surface area contributed by atoms with Crippen molar-refractivity contribution in [1.29, 1.82) is 0 Å². The number of halogens is 1. The maximum absolute atomic E-state index is 12.4. The predicted molar refractivity (Wildman–Crippen MR) is 79.4 cm³/mol. The third-order valence-electron chi connectivity index (χ3n) is 3.69. The number of rotatable bonds is 3. The zero-order valence-corrected chi connectivity index (χ0v) is 12.1. The minimum atomic E-state index is -0.0773. The summed E-state index contributed by atoms with van der Waals surface area (Å²) < 4.78 is 5.51. The van der Waals surface area contributed by atoms with Crippen molar-refractivity contribution < 1.29 is 9.53 Å². The minimum absolute atomic E-state index is 0.0773. The van der Waals surface area contributed by atoms with E-state index in [0.717, 1.165) is 36.0 Å². The summed E-state index contributed by atoms with van der Waals surface area (Å²) in [6.07, 6.45) is 2.23. The molecule has 106 valence electrons. The van der Waals surface area contributed by atoms with Crippen LogP contribution in [0.3, 0.4) is 0 Å². The van der Waals surface area contributed by atoms with Crippen molar-refractivity contribution >= 4 is 28.4 Å². The van der Waals surface area contributed by atoms with Gasteiger partial charge in [0.15, 0.2) is 0 Å². The van der Waals surface area contributed by atoms with Crippen LogP contribution < -0.4 is 5.32 Å². The van der Waals surface area contributed by atoms with Crippen LogP contribution in [0.4, 0.5) is 0 Å². The molecule has 20 heavy (non-hydrogen) atoms. The summed E-state index contributed by atoms with van der Waals surface area (Å²) >= 11 is 6.02. The number of carbonyl (C=O) groups is 1. The summed E-state index contributed by atoms with van der Waals surface area (Å²) in [5, 5.41) is 4.44. The molecule has 2 heterocycles. The number of nitrogens with one attached hydrogen (secondary N) is 2. The van der Waals surface area contributed by atoms with E-state index in [1.54, 1.807) is 0 Å². The molecule has 0 spiro atoms. The molecule has 1 aliphatic rings. The zero-order valence-electron chi connectivity index (χ0n) is 11.3. The first-order valence-corrected chi connectivity index (χ1v) is 7.20. The lowest BCUT2D eigenvalue weighted by molar-refractivity contribution is 0.0858. The van der Waals surface area contributed by atoms with E-state index in [-0.39, 0.29) is 12.0 Å². The van der Waals surface area contributed by atoms with Gasteiger partial charge < -0.3 is 15.0 Å². The summed E-state index contributed by atoms with van der Waals surface area (Å²) in [6.45, 7) is 3.25. The molecular weight excluding hydrogens is 276 g/mol. The summed E-state index contributed by atoms with van der Waals surface area (Å²) in [5.74, 6) is -0.0773. The standard InChI is InChI=1S/C15H17ClN2O2/c1-9-14(12-7-10(16)4-5-13(12)18-9)15(19)17-8-11-3-2-6-20-11/h4-5,7,11,18H,2-3,6,8H2,1H3,(H,17,19). The molecule has 1 saturated heterocycles. The Morgan fingerprint density at radius 2 is 2.40 bits per heavy atom. The highest BCUT2D eigenvalue weighted by Gasteiger charge is 2.19. The molecule has 0 radical (unpaired) electrons. The predicted octanol–water partition coefficient (Wildman–Crippen LogP) is 3.04. The van der Waals surface area contributed by atoms with E-state index in [1.807, 2.05) is 25.1 Å². The monoisotopic (exact) mass is 292 g/mol. The smallest absolute Gasteiger partial charge is 0.253 e. The molecule has 2 aromatic rings. The Bertz CT molecular complexity index is 645. The van der Waals surface area contributed by atoms with Gasteiger partial charge in [-0.3, -0.25) is 4.79 Å². The molecular formula is C15H17ClN2O2. The van der Waals surface area contributed by atoms with Gasteiger partial charge in [-0.2, -0.15) is 0 Å². The van der Waals surface area contributed by atoms with Crippen molar-refractivity contribution in [2.45, 2.75) is 25.9 Å². The lowest BCUT2D eigenvalue weighted by Gasteiger charge is -2.10. The SMILES string of the molecule is Cc1[nH]c2ccc(Cl)cc2c1C(=O)NCC1CCCO1. The van der Waals surface area contributed by atoms with Crippen molar-refractivity contribution in [1.82, 2.24) is 10.3 Å². The van der Waals surface area contributed by atoms with Crippen LogP contribution in [0.25, 0.3) is 10.9 Å². The fourth-order valence-electron chi connectivity index (χ4n) is 2.69. The Labute approximate surface area is 122 Å². The van der Waals surface area contributed by atoms with Gasteiger partial charge >= 0.3 is 0 Å². The van der Waals surface area contributed by atoms with E-state index < -0.39 is 0 Å². The topological polar surface area (TPSA) is 54.1 Å². The van der Waals surface area contributed by atoms with Crippen molar-refractivity contribution in [3.63, 3.8) is 0 Å². The van der Waals surface area contributed by atoms with Gasteiger partial charge in [0.25, 0.3) is 5.91 Å². The van der Waals surface area contributed by atoms with Gasteiger partial charge in [0.2, 0.25) is 0 Å². The second-order valence-corrected chi connectivity index (χ2v) is 5.60. The second-order valence-electron chi connectivity index (χ2n) is 5.16. The number of fused-ring (bicyclic) bond motifs is 1. The van der Waals surface area contributed by atoms with Gasteiger partial charge in [-0.1, -0.05) is 11.6 Å². The zero-order chi connectivity index (χ0) is 14.1.